The number of rotatable bonds is 3. The van der Waals surface area contributed by atoms with E-state index in [2.05, 4.69) is 4.98 Å². The SMILES string of the molecule is Cc1nc(-c2ccccc2)cc(=O)n1CC(N)=O. The Bertz CT molecular complexity index is 632. The molecule has 2 N–H and O–H groups in total. The summed E-state index contributed by atoms with van der Waals surface area (Å²) in [6, 6.07) is 10.8. The Labute approximate surface area is 104 Å². The van der Waals surface area contributed by atoms with Crippen LogP contribution < -0.4 is 11.3 Å². The van der Waals surface area contributed by atoms with E-state index in [-0.39, 0.29) is 12.1 Å². The quantitative estimate of drug-likeness (QED) is 0.862. The summed E-state index contributed by atoms with van der Waals surface area (Å²) in [5.74, 6) is -0.0883. The number of aryl methyl sites for hydroxylation is 1. The molecule has 2 aromatic rings. The van der Waals surface area contributed by atoms with Crippen molar-refractivity contribution in [2.75, 3.05) is 0 Å². The molecule has 18 heavy (non-hydrogen) atoms. The van der Waals surface area contributed by atoms with Gasteiger partial charge in [-0.1, -0.05) is 30.3 Å². The molecule has 0 fully saturated rings. The first kappa shape index (κ1) is 12.0. The van der Waals surface area contributed by atoms with Crippen LogP contribution in [0.1, 0.15) is 5.82 Å². The fourth-order valence-corrected chi connectivity index (χ4v) is 1.73. The lowest BCUT2D eigenvalue weighted by atomic mass is 10.1. The van der Waals surface area contributed by atoms with Gasteiger partial charge in [0, 0.05) is 11.6 Å². The molecule has 2 rings (SSSR count). The molecule has 0 radical (unpaired) electrons. The van der Waals surface area contributed by atoms with Gasteiger partial charge in [0.05, 0.1) is 5.69 Å². The molecule has 1 aromatic heterocycles. The van der Waals surface area contributed by atoms with Crippen LogP contribution in [0.15, 0.2) is 41.2 Å². The number of carbonyl (C=O) groups excluding carboxylic acids is 1. The monoisotopic (exact) mass is 243 g/mol. The topological polar surface area (TPSA) is 78.0 Å². The Hall–Kier alpha value is -2.43. The lowest BCUT2D eigenvalue weighted by molar-refractivity contribution is -0.118. The van der Waals surface area contributed by atoms with Gasteiger partial charge >= 0.3 is 0 Å². The molecule has 0 spiro atoms. The molecular weight excluding hydrogens is 230 g/mol. The zero-order valence-electron chi connectivity index (χ0n) is 9.96. The summed E-state index contributed by atoms with van der Waals surface area (Å²) >= 11 is 0. The molecule has 0 aliphatic carbocycles. The molecule has 0 saturated carbocycles. The van der Waals surface area contributed by atoms with Gasteiger partial charge in [-0.3, -0.25) is 14.2 Å². The number of amides is 1. The van der Waals surface area contributed by atoms with Crippen LogP contribution in [0.2, 0.25) is 0 Å². The van der Waals surface area contributed by atoms with Gasteiger partial charge in [0.2, 0.25) is 5.91 Å². The molecule has 0 bridgehead atoms. The van der Waals surface area contributed by atoms with Gasteiger partial charge in [0.1, 0.15) is 12.4 Å². The summed E-state index contributed by atoms with van der Waals surface area (Å²) in [5.41, 5.74) is 6.27. The number of aromatic nitrogens is 2. The van der Waals surface area contributed by atoms with Crippen molar-refractivity contribution in [2.24, 2.45) is 5.73 Å². The molecule has 1 aromatic carbocycles. The Balaban J connectivity index is 2.49. The van der Waals surface area contributed by atoms with E-state index in [1.165, 1.54) is 10.6 Å². The van der Waals surface area contributed by atoms with Gasteiger partial charge in [-0.2, -0.15) is 0 Å². The van der Waals surface area contributed by atoms with Gasteiger partial charge in [0.15, 0.2) is 0 Å². The van der Waals surface area contributed by atoms with Crippen LogP contribution in [0.5, 0.6) is 0 Å². The second-order valence-corrected chi connectivity index (χ2v) is 3.95. The van der Waals surface area contributed by atoms with Gasteiger partial charge < -0.3 is 5.73 Å². The van der Waals surface area contributed by atoms with Crippen molar-refractivity contribution in [1.29, 1.82) is 0 Å². The highest BCUT2D eigenvalue weighted by molar-refractivity contribution is 5.73. The third kappa shape index (κ3) is 2.45. The standard InChI is InChI=1S/C13H13N3O2/c1-9-15-11(10-5-3-2-4-6-10)7-13(18)16(9)8-12(14)17/h2-7H,8H2,1H3,(H2,14,17). The first-order valence-electron chi connectivity index (χ1n) is 5.50. The molecule has 0 saturated heterocycles. The summed E-state index contributed by atoms with van der Waals surface area (Å²) in [6.45, 7) is 1.53. The van der Waals surface area contributed by atoms with Crippen molar-refractivity contribution in [3.8, 4) is 11.3 Å². The average Bonchev–Trinajstić information content (AvgIpc) is 2.34. The highest BCUT2D eigenvalue weighted by atomic mass is 16.2. The Kier molecular flexibility index (Phi) is 3.23. The van der Waals surface area contributed by atoms with Gasteiger partial charge in [-0.15, -0.1) is 0 Å². The molecule has 1 amide bonds. The van der Waals surface area contributed by atoms with Gasteiger partial charge in [-0.05, 0) is 6.92 Å². The second kappa shape index (κ2) is 4.83. The predicted molar refractivity (Wildman–Crippen MR) is 67.9 cm³/mol. The van der Waals surface area contributed by atoms with Crippen molar-refractivity contribution >= 4 is 5.91 Å². The summed E-state index contributed by atoms with van der Waals surface area (Å²) in [6.07, 6.45) is 0. The third-order valence-electron chi connectivity index (χ3n) is 2.58. The Morgan fingerprint density at radius 3 is 2.56 bits per heavy atom. The molecule has 0 aliphatic heterocycles. The first-order chi connectivity index (χ1) is 8.58. The minimum atomic E-state index is -0.561. The second-order valence-electron chi connectivity index (χ2n) is 3.95. The van der Waals surface area contributed by atoms with E-state index < -0.39 is 5.91 Å². The maximum absolute atomic E-state index is 11.9. The lowest BCUT2D eigenvalue weighted by Crippen LogP contribution is -2.30. The highest BCUT2D eigenvalue weighted by Crippen LogP contribution is 2.14. The van der Waals surface area contributed by atoms with Crippen LogP contribution in [0, 0.1) is 6.92 Å². The lowest BCUT2D eigenvalue weighted by Gasteiger charge is -2.08. The number of nitrogens with two attached hydrogens (primary N) is 1. The van der Waals surface area contributed by atoms with Gasteiger partial charge in [-0.25, -0.2) is 4.98 Å². The number of carbonyl (C=O) groups is 1. The number of benzene rings is 1. The van der Waals surface area contributed by atoms with E-state index in [9.17, 15) is 9.59 Å². The van der Waals surface area contributed by atoms with Crippen LogP contribution in [-0.2, 0) is 11.3 Å². The Morgan fingerprint density at radius 2 is 2.00 bits per heavy atom. The fraction of sp³-hybridized carbons (Fsp3) is 0.154. The molecule has 0 atom stereocenters. The van der Waals surface area contributed by atoms with Crippen LogP contribution in [0.4, 0.5) is 0 Å². The summed E-state index contributed by atoms with van der Waals surface area (Å²) in [5, 5.41) is 0. The van der Waals surface area contributed by atoms with Gasteiger partial charge in [0.25, 0.3) is 5.56 Å². The zero-order chi connectivity index (χ0) is 13.1. The third-order valence-corrected chi connectivity index (χ3v) is 2.58. The van der Waals surface area contributed by atoms with Crippen LogP contribution in [-0.4, -0.2) is 15.5 Å². The molecule has 1 heterocycles. The molecule has 0 unspecified atom stereocenters. The van der Waals surface area contributed by atoms with E-state index in [4.69, 9.17) is 5.73 Å². The average molecular weight is 243 g/mol. The van der Waals surface area contributed by atoms with Crippen molar-refractivity contribution in [1.82, 2.24) is 9.55 Å². The van der Waals surface area contributed by atoms with E-state index >= 15 is 0 Å². The molecule has 92 valence electrons. The van der Waals surface area contributed by atoms with Crippen molar-refractivity contribution < 1.29 is 4.79 Å². The van der Waals surface area contributed by atoms with Crippen molar-refractivity contribution in [3.05, 3.63) is 52.6 Å². The van der Waals surface area contributed by atoms with Crippen molar-refractivity contribution in [3.63, 3.8) is 0 Å². The maximum atomic E-state index is 11.9. The number of primary amides is 1. The number of nitrogens with zero attached hydrogens (tertiary/aromatic N) is 2. The smallest absolute Gasteiger partial charge is 0.254 e. The van der Waals surface area contributed by atoms with E-state index in [0.29, 0.717) is 11.5 Å². The normalized spacial score (nSPS) is 10.3. The summed E-state index contributed by atoms with van der Waals surface area (Å²) in [4.78, 5) is 27.1. The van der Waals surface area contributed by atoms with Crippen LogP contribution >= 0.6 is 0 Å². The summed E-state index contributed by atoms with van der Waals surface area (Å²) in [7, 11) is 0. The minimum Gasteiger partial charge on any atom is -0.368 e. The largest absolute Gasteiger partial charge is 0.368 e. The minimum absolute atomic E-state index is 0.146. The zero-order valence-corrected chi connectivity index (χ0v) is 9.96. The predicted octanol–water partition coefficient (Wildman–Crippen LogP) is 0.704. The van der Waals surface area contributed by atoms with Crippen LogP contribution in [0.3, 0.4) is 0 Å². The molecule has 0 aliphatic rings. The molecule has 5 nitrogen and oxygen atoms in total. The van der Waals surface area contributed by atoms with E-state index in [1.54, 1.807) is 6.92 Å². The first-order valence-corrected chi connectivity index (χ1v) is 5.50. The number of hydrogen-bond donors (Lipinski definition) is 1. The molecule has 5 heteroatoms. The van der Waals surface area contributed by atoms with Crippen molar-refractivity contribution in [2.45, 2.75) is 13.5 Å². The highest BCUT2D eigenvalue weighted by Gasteiger charge is 2.08. The maximum Gasteiger partial charge on any atom is 0.254 e. The Morgan fingerprint density at radius 1 is 1.33 bits per heavy atom. The molecular formula is C13H13N3O2. The summed E-state index contributed by atoms with van der Waals surface area (Å²) < 4.78 is 1.26. The fourth-order valence-electron chi connectivity index (χ4n) is 1.73. The van der Waals surface area contributed by atoms with E-state index in [1.807, 2.05) is 30.3 Å². The number of hydrogen-bond acceptors (Lipinski definition) is 3. The van der Waals surface area contributed by atoms with Crippen LogP contribution in [0.25, 0.3) is 11.3 Å². The van der Waals surface area contributed by atoms with E-state index in [0.717, 1.165) is 5.56 Å².